The molecule has 1 fully saturated rings. The van der Waals surface area contributed by atoms with Crippen LogP contribution in [0.4, 0.5) is 5.95 Å². The molecule has 1 aliphatic heterocycles. The summed E-state index contributed by atoms with van der Waals surface area (Å²) in [6.45, 7) is 3.43. The third-order valence-corrected chi connectivity index (χ3v) is 4.61. The van der Waals surface area contributed by atoms with Crippen LogP contribution < -0.4 is 9.64 Å². The standard InChI is InChI=1S/C18H16Cl2N4O/c1-12-21-22-18(24(12)15-7-5-13(19)6-8-15)23-10-17(11-23)25-16-4-2-3-14(20)9-16/h2-9,17H,10-11H2,1H3. The summed E-state index contributed by atoms with van der Waals surface area (Å²) in [5.41, 5.74) is 0.987. The Labute approximate surface area is 155 Å². The zero-order valence-corrected chi connectivity index (χ0v) is 15.1. The molecule has 3 aromatic rings. The minimum Gasteiger partial charge on any atom is -0.487 e. The Kier molecular flexibility index (Phi) is 4.27. The fourth-order valence-electron chi connectivity index (χ4n) is 2.86. The van der Waals surface area contributed by atoms with E-state index in [4.69, 9.17) is 27.9 Å². The smallest absolute Gasteiger partial charge is 0.232 e. The number of aryl methyl sites for hydroxylation is 1. The van der Waals surface area contributed by atoms with Gasteiger partial charge in [-0.2, -0.15) is 0 Å². The van der Waals surface area contributed by atoms with E-state index in [9.17, 15) is 0 Å². The van der Waals surface area contributed by atoms with Gasteiger partial charge in [-0.3, -0.25) is 4.57 Å². The first-order valence-electron chi connectivity index (χ1n) is 7.95. The van der Waals surface area contributed by atoms with Crippen molar-refractivity contribution in [2.45, 2.75) is 13.0 Å². The Balaban J connectivity index is 1.49. The Bertz CT molecular complexity index is 888. The van der Waals surface area contributed by atoms with Crippen LogP contribution in [0.1, 0.15) is 5.82 Å². The molecule has 0 aliphatic carbocycles. The first-order valence-corrected chi connectivity index (χ1v) is 8.71. The van der Waals surface area contributed by atoms with Crippen molar-refractivity contribution in [2.24, 2.45) is 0 Å². The molecule has 25 heavy (non-hydrogen) atoms. The van der Waals surface area contributed by atoms with Gasteiger partial charge in [0.15, 0.2) is 0 Å². The van der Waals surface area contributed by atoms with Crippen LogP contribution in [0.25, 0.3) is 5.69 Å². The molecule has 0 atom stereocenters. The Morgan fingerprint density at radius 2 is 1.76 bits per heavy atom. The summed E-state index contributed by atoms with van der Waals surface area (Å²) in [6.07, 6.45) is 0.106. The van der Waals surface area contributed by atoms with Gasteiger partial charge in [0.25, 0.3) is 0 Å². The van der Waals surface area contributed by atoms with E-state index in [0.717, 1.165) is 36.3 Å². The fraction of sp³-hybridized carbons (Fsp3) is 0.222. The summed E-state index contributed by atoms with van der Waals surface area (Å²) in [4.78, 5) is 2.14. The molecule has 0 unspecified atom stereocenters. The predicted octanol–water partition coefficient (Wildman–Crippen LogP) is 4.15. The predicted molar refractivity (Wildman–Crippen MR) is 99.2 cm³/mol. The minimum atomic E-state index is 0.106. The van der Waals surface area contributed by atoms with Gasteiger partial charge in [-0.1, -0.05) is 29.3 Å². The molecular weight excluding hydrogens is 359 g/mol. The Morgan fingerprint density at radius 3 is 2.48 bits per heavy atom. The molecule has 2 heterocycles. The maximum atomic E-state index is 6.00. The number of anilines is 1. The SMILES string of the molecule is Cc1nnc(N2CC(Oc3cccc(Cl)c3)C2)n1-c1ccc(Cl)cc1. The van der Waals surface area contributed by atoms with Gasteiger partial charge in [-0.15, -0.1) is 10.2 Å². The summed E-state index contributed by atoms with van der Waals surface area (Å²) in [6, 6.07) is 15.1. The molecule has 0 amide bonds. The lowest BCUT2D eigenvalue weighted by atomic mass is 10.2. The number of benzene rings is 2. The minimum absolute atomic E-state index is 0.106. The van der Waals surface area contributed by atoms with Crippen molar-refractivity contribution in [3.8, 4) is 11.4 Å². The van der Waals surface area contributed by atoms with Crippen LogP contribution in [0.3, 0.4) is 0 Å². The summed E-state index contributed by atoms with van der Waals surface area (Å²) < 4.78 is 7.97. The average Bonchev–Trinajstić information content (AvgIpc) is 2.93. The monoisotopic (exact) mass is 374 g/mol. The van der Waals surface area contributed by atoms with Crippen LogP contribution in [0.15, 0.2) is 48.5 Å². The third-order valence-electron chi connectivity index (χ3n) is 4.12. The number of aromatic nitrogens is 3. The molecule has 1 aromatic heterocycles. The van der Waals surface area contributed by atoms with Gasteiger partial charge >= 0.3 is 0 Å². The van der Waals surface area contributed by atoms with E-state index in [-0.39, 0.29) is 6.10 Å². The van der Waals surface area contributed by atoms with Gasteiger partial charge in [0.1, 0.15) is 17.7 Å². The summed E-state index contributed by atoms with van der Waals surface area (Å²) >= 11 is 12.0. The van der Waals surface area contributed by atoms with Crippen molar-refractivity contribution >= 4 is 29.2 Å². The molecule has 0 radical (unpaired) electrons. The highest BCUT2D eigenvalue weighted by Gasteiger charge is 2.32. The highest BCUT2D eigenvalue weighted by atomic mass is 35.5. The van der Waals surface area contributed by atoms with Gasteiger partial charge in [0.2, 0.25) is 5.95 Å². The first kappa shape index (κ1) is 16.2. The summed E-state index contributed by atoms with van der Waals surface area (Å²) in [5.74, 6) is 2.43. The van der Waals surface area contributed by atoms with Crippen LogP contribution in [0.2, 0.25) is 10.0 Å². The van der Waals surface area contributed by atoms with E-state index in [0.29, 0.717) is 10.0 Å². The van der Waals surface area contributed by atoms with E-state index in [2.05, 4.69) is 15.1 Å². The number of rotatable bonds is 4. The van der Waals surface area contributed by atoms with Crippen molar-refractivity contribution < 1.29 is 4.74 Å². The van der Waals surface area contributed by atoms with Gasteiger partial charge in [0, 0.05) is 10.0 Å². The fourth-order valence-corrected chi connectivity index (χ4v) is 3.16. The molecule has 0 saturated carbocycles. The van der Waals surface area contributed by atoms with Crippen molar-refractivity contribution in [3.63, 3.8) is 0 Å². The topological polar surface area (TPSA) is 43.2 Å². The van der Waals surface area contributed by atoms with E-state index < -0.39 is 0 Å². The molecule has 7 heteroatoms. The number of ether oxygens (including phenoxy) is 1. The average molecular weight is 375 g/mol. The molecule has 0 N–H and O–H groups in total. The van der Waals surface area contributed by atoms with Crippen molar-refractivity contribution in [1.82, 2.24) is 14.8 Å². The van der Waals surface area contributed by atoms with Gasteiger partial charge in [-0.25, -0.2) is 0 Å². The Hall–Kier alpha value is -2.24. The molecule has 5 nitrogen and oxygen atoms in total. The Morgan fingerprint density at radius 1 is 1.00 bits per heavy atom. The zero-order valence-electron chi connectivity index (χ0n) is 13.6. The van der Waals surface area contributed by atoms with E-state index in [1.54, 1.807) is 0 Å². The van der Waals surface area contributed by atoms with Crippen molar-refractivity contribution in [2.75, 3.05) is 18.0 Å². The maximum absolute atomic E-state index is 6.00. The van der Waals surface area contributed by atoms with Gasteiger partial charge in [-0.05, 0) is 49.4 Å². The zero-order chi connectivity index (χ0) is 17.4. The van der Waals surface area contributed by atoms with E-state index in [1.807, 2.05) is 60.0 Å². The normalized spacial score (nSPS) is 14.4. The first-order chi connectivity index (χ1) is 12.1. The second-order valence-corrected chi connectivity index (χ2v) is 6.83. The highest BCUT2D eigenvalue weighted by molar-refractivity contribution is 6.30. The molecule has 4 rings (SSSR count). The van der Waals surface area contributed by atoms with Crippen LogP contribution in [0.5, 0.6) is 5.75 Å². The maximum Gasteiger partial charge on any atom is 0.232 e. The van der Waals surface area contributed by atoms with E-state index in [1.165, 1.54) is 0 Å². The summed E-state index contributed by atoms with van der Waals surface area (Å²) in [7, 11) is 0. The van der Waals surface area contributed by atoms with Crippen molar-refractivity contribution in [3.05, 3.63) is 64.4 Å². The van der Waals surface area contributed by atoms with Crippen LogP contribution in [-0.2, 0) is 0 Å². The second-order valence-electron chi connectivity index (χ2n) is 5.96. The third kappa shape index (κ3) is 3.30. The lowest BCUT2D eigenvalue weighted by molar-refractivity contribution is 0.165. The lowest BCUT2D eigenvalue weighted by Crippen LogP contribution is -2.54. The molecule has 0 spiro atoms. The van der Waals surface area contributed by atoms with Crippen molar-refractivity contribution in [1.29, 1.82) is 0 Å². The lowest BCUT2D eigenvalue weighted by Gasteiger charge is -2.39. The van der Waals surface area contributed by atoms with Crippen LogP contribution in [0, 0.1) is 6.92 Å². The quantitative estimate of drug-likeness (QED) is 0.687. The number of halogens is 2. The van der Waals surface area contributed by atoms with Crippen LogP contribution >= 0.6 is 23.2 Å². The molecule has 1 saturated heterocycles. The highest BCUT2D eigenvalue weighted by Crippen LogP contribution is 2.27. The molecule has 128 valence electrons. The number of hydrogen-bond donors (Lipinski definition) is 0. The second kappa shape index (κ2) is 6.58. The number of hydrogen-bond acceptors (Lipinski definition) is 4. The molecule has 2 aromatic carbocycles. The number of nitrogens with zero attached hydrogens (tertiary/aromatic N) is 4. The van der Waals surface area contributed by atoms with Crippen LogP contribution in [-0.4, -0.2) is 34.0 Å². The molecule has 1 aliphatic rings. The van der Waals surface area contributed by atoms with Gasteiger partial charge in [0.05, 0.1) is 18.8 Å². The largest absolute Gasteiger partial charge is 0.487 e. The molecular formula is C18H16Cl2N4O. The summed E-state index contributed by atoms with van der Waals surface area (Å²) in [5, 5.41) is 9.92. The van der Waals surface area contributed by atoms with E-state index >= 15 is 0 Å². The van der Waals surface area contributed by atoms with Gasteiger partial charge < -0.3 is 9.64 Å². The molecule has 0 bridgehead atoms.